The molecular weight excluding hydrogens is 321 g/mol. The lowest BCUT2D eigenvalue weighted by atomic mass is 10.1. The van der Waals surface area contributed by atoms with Gasteiger partial charge in [-0.15, -0.1) is 23.2 Å². The van der Waals surface area contributed by atoms with Crippen molar-refractivity contribution >= 4 is 39.8 Å². The molecule has 4 nitrogen and oxygen atoms in total. The number of fused-ring (bicyclic) bond motifs is 1. The van der Waals surface area contributed by atoms with E-state index in [-0.39, 0.29) is 10.9 Å². The van der Waals surface area contributed by atoms with Crippen LogP contribution >= 0.6 is 23.2 Å². The Morgan fingerprint density at radius 3 is 2.55 bits per heavy atom. The lowest BCUT2D eigenvalue weighted by Crippen LogP contribution is -2.36. The van der Waals surface area contributed by atoms with Crippen molar-refractivity contribution in [1.29, 1.82) is 0 Å². The van der Waals surface area contributed by atoms with Crippen molar-refractivity contribution in [1.82, 2.24) is 9.78 Å². The van der Waals surface area contributed by atoms with Gasteiger partial charge in [-0.05, 0) is 25.3 Å². The Morgan fingerprint density at radius 2 is 1.86 bits per heavy atom. The molecule has 118 valence electrons. The Bertz CT molecular complexity index is 708. The maximum Gasteiger partial charge on any atom is 0.274 e. The number of hydrogen-bond donors (Lipinski definition) is 0. The second-order valence-corrected chi connectivity index (χ2v) is 6.60. The van der Waals surface area contributed by atoms with Crippen molar-refractivity contribution in [3.05, 3.63) is 34.6 Å². The van der Waals surface area contributed by atoms with Crippen LogP contribution in [0.1, 0.15) is 19.3 Å². The van der Waals surface area contributed by atoms with E-state index in [2.05, 4.69) is 10.00 Å². The van der Waals surface area contributed by atoms with E-state index in [0.29, 0.717) is 12.4 Å². The quantitative estimate of drug-likeness (QED) is 0.802. The van der Waals surface area contributed by atoms with Crippen LogP contribution in [-0.4, -0.2) is 34.1 Å². The third kappa shape index (κ3) is 3.08. The number of aryl methyl sites for hydroxylation is 1. The lowest BCUT2D eigenvalue weighted by Gasteiger charge is -2.31. The van der Waals surface area contributed by atoms with Gasteiger partial charge < -0.3 is 4.90 Å². The number of hydrogen-bond acceptors (Lipinski definition) is 3. The highest BCUT2D eigenvalue weighted by Gasteiger charge is 2.21. The molecule has 0 radical (unpaired) electrons. The van der Waals surface area contributed by atoms with Gasteiger partial charge in [-0.2, -0.15) is 5.10 Å². The van der Waals surface area contributed by atoms with Gasteiger partial charge in [0.15, 0.2) is 5.82 Å². The third-order valence-corrected chi connectivity index (χ3v) is 4.78. The Kier molecular flexibility index (Phi) is 4.89. The van der Waals surface area contributed by atoms with Gasteiger partial charge in [0.1, 0.15) is 0 Å². The molecule has 1 saturated heterocycles. The lowest BCUT2D eigenvalue weighted by molar-refractivity contribution is 0.546. The molecule has 1 fully saturated rings. The number of benzene rings is 1. The molecule has 1 aromatic carbocycles. The number of nitrogens with zero attached hydrogens (tertiary/aromatic N) is 3. The van der Waals surface area contributed by atoms with Crippen molar-refractivity contribution in [2.45, 2.75) is 31.2 Å². The topological polar surface area (TPSA) is 38.1 Å². The van der Waals surface area contributed by atoms with E-state index >= 15 is 0 Å². The second kappa shape index (κ2) is 6.88. The molecule has 0 N–H and O–H groups in total. The van der Waals surface area contributed by atoms with Gasteiger partial charge >= 0.3 is 0 Å². The van der Waals surface area contributed by atoms with Crippen LogP contribution in [-0.2, 0) is 6.54 Å². The first-order valence-electron chi connectivity index (χ1n) is 7.65. The van der Waals surface area contributed by atoms with E-state index < -0.39 is 0 Å². The van der Waals surface area contributed by atoms with Gasteiger partial charge in [-0.3, -0.25) is 4.79 Å². The van der Waals surface area contributed by atoms with Gasteiger partial charge in [-0.1, -0.05) is 18.2 Å². The first-order chi connectivity index (χ1) is 10.7. The van der Waals surface area contributed by atoms with E-state index in [4.69, 9.17) is 23.2 Å². The smallest absolute Gasteiger partial charge is 0.274 e. The minimum Gasteiger partial charge on any atom is -0.355 e. The van der Waals surface area contributed by atoms with Crippen molar-refractivity contribution in [2.24, 2.45) is 0 Å². The molecule has 1 aliphatic rings. The van der Waals surface area contributed by atoms with E-state index in [9.17, 15) is 4.79 Å². The van der Waals surface area contributed by atoms with Gasteiger partial charge in [0.05, 0.1) is 5.39 Å². The zero-order chi connectivity index (χ0) is 15.5. The van der Waals surface area contributed by atoms with Crippen molar-refractivity contribution in [2.75, 3.05) is 23.9 Å². The fraction of sp³-hybridized carbons (Fsp3) is 0.500. The average Bonchev–Trinajstić information content (AvgIpc) is 2.55. The van der Waals surface area contributed by atoms with Crippen LogP contribution < -0.4 is 10.5 Å². The molecule has 0 aliphatic carbocycles. The highest BCUT2D eigenvalue weighted by molar-refractivity contribution is 6.20. The first-order valence-corrected chi connectivity index (χ1v) is 8.62. The molecule has 2 aromatic rings. The maximum atomic E-state index is 12.5. The number of aromatic nitrogens is 2. The number of alkyl halides is 2. The molecule has 1 aliphatic heterocycles. The molecule has 1 aromatic heterocycles. The van der Waals surface area contributed by atoms with Crippen LogP contribution in [0.5, 0.6) is 0 Å². The predicted molar refractivity (Wildman–Crippen MR) is 92.4 cm³/mol. The van der Waals surface area contributed by atoms with Crippen molar-refractivity contribution in [3.8, 4) is 0 Å². The van der Waals surface area contributed by atoms with Crippen LogP contribution in [0.15, 0.2) is 29.1 Å². The number of anilines is 1. The van der Waals surface area contributed by atoms with Crippen molar-refractivity contribution in [3.63, 3.8) is 0 Å². The van der Waals surface area contributed by atoms with Gasteiger partial charge in [-0.25, -0.2) is 4.68 Å². The van der Waals surface area contributed by atoms with Crippen LogP contribution in [0.3, 0.4) is 0 Å². The monoisotopic (exact) mass is 339 g/mol. The average molecular weight is 340 g/mol. The summed E-state index contributed by atoms with van der Waals surface area (Å²) in [7, 11) is 0. The molecule has 0 atom stereocenters. The van der Waals surface area contributed by atoms with E-state index in [0.717, 1.165) is 48.9 Å². The third-order valence-electron chi connectivity index (χ3n) is 4.08. The summed E-state index contributed by atoms with van der Waals surface area (Å²) >= 11 is 12.0. The zero-order valence-electron chi connectivity index (χ0n) is 12.3. The van der Waals surface area contributed by atoms with Gasteiger partial charge in [0.25, 0.3) is 5.56 Å². The zero-order valence-corrected chi connectivity index (χ0v) is 13.9. The maximum absolute atomic E-state index is 12.5. The normalized spacial score (nSPS) is 16.4. The summed E-state index contributed by atoms with van der Waals surface area (Å²) in [6.07, 6.45) is 2.62. The van der Waals surface area contributed by atoms with Gasteiger partial charge in [0, 0.05) is 36.3 Å². The van der Waals surface area contributed by atoms with Crippen molar-refractivity contribution < 1.29 is 0 Å². The molecular formula is C16H19Cl2N3O. The number of piperidine rings is 1. The minimum absolute atomic E-state index is 0.0447. The highest BCUT2D eigenvalue weighted by Crippen LogP contribution is 2.26. The van der Waals surface area contributed by atoms with Gasteiger partial charge in [0.2, 0.25) is 0 Å². The van der Waals surface area contributed by atoms with Crippen LogP contribution in [0.2, 0.25) is 0 Å². The summed E-state index contributed by atoms with van der Waals surface area (Å²) in [5, 5.41) is 6.49. The summed E-state index contributed by atoms with van der Waals surface area (Å²) in [5.74, 6) is 1.40. The Hall–Kier alpha value is -1.26. The second-order valence-electron chi connectivity index (χ2n) is 5.60. The molecule has 6 heteroatoms. The standard InChI is InChI=1S/C16H19Cl2N3O/c17-8-3-9-21-16(22)14-5-2-1-4-13(14)15(19-21)20-10-6-12(18)7-11-20/h1-2,4-5,12H,3,6-11H2. The number of halogens is 2. The summed E-state index contributed by atoms with van der Waals surface area (Å²) in [4.78, 5) is 14.8. The first kappa shape index (κ1) is 15.6. The summed E-state index contributed by atoms with van der Waals surface area (Å²) in [6, 6.07) is 7.68. The molecule has 2 heterocycles. The summed E-state index contributed by atoms with van der Waals surface area (Å²) < 4.78 is 1.55. The molecule has 0 unspecified atom stereocenters. The molecule has 0 bridgehead atoms. The highest BCUT2D eigenvalue weighted by atomic mass is 35.5. The van der Waals surface area contributed by atoms with E-state index in [1.165, 1.54) is 0 Å². The predicted octanol–water partition coefficient (Wildman–Crippen LogP) is 3.23. The fourth-order valence-electron chi connectivity index (χ4n) is 2.87. The summed E-state index contributed by atoms with van der Waals surface area (Å²) in [6.45, 7) is 2.30. The van der Waals surface area contributed by atoms with Crippen LogP contribution in [0, 0.1) is 0 Å². The molecule has 3 rings (SSSR count). The van der Waals surface area contributed by atoms with E-state index in [1.807, 2.05) is 24.3 Å². The minimum atomic E-state index is -0.0447. The molecule has 22 heavy (non-hydrogen) atoms. The summed E-state index contributed by atoms with van der Waals surface area (Å²) in [5.41, 5.74) is -0.0447. The van der Waals surface area contributed by atoms with E-state index in [1.54, 1.807) is 4.68 Å². The Morgan fingerprint density at radius 1 is 1.18 bits per heavy atom. The van der Waals surface area contributed by atoms with Crippen LogP contribution in [0.4, 0.5) is 5.82 Å². The fourth-order valence-corrected chi connectivity index (χ4v) is 3.19. The molecule has 0 saturated carbocycles. The molecule has 0 spiro atoms. The SMILES string of the molecule is O=c1c2ccccc2c(N2CCC(Cl)CC2)nn1CCCCl. The number of rotatable bonds is 4. The Balaban J connectivity index is 2.07. The van der Waals surface area contributed by atoms with Crippen LogP contribution in [0.25, 0.3) is 10.8 Å². The largest absolute Gasteiger partial charge is 0.355 e. The molecule has 0 amide bonds. The Labute approximate surface area is 139 Å².